The smallest absolute Gasteiger partial charge is 0.267 e. The number of hydrogen-bond acceptors (Lipinski definition) is 4. The third-order valence-electron chi connectivity index (χ3n) is 6.20. The Balaban J connectivity index is 1.55. The van der Waals surface area contributed by atoms with Gasteiger partial charge in [0, 0.05) is 12.1 Å². The molecule has 4 nitrogen and oxygen atoms in total. The molecule has 172 valence electrons. The first kappa shape index (κ1) is 23.7. The maximum atomic E-state index is 13.6. The monoisotopic (exact) mass is 478 g/mol. The molecule has 2 aromatic carbocycles. The lowest BCUT2D eigenvalue weighted by Gasteiger charge is -2.17. The molecule has 0 radical (unpaired) electrons. The van der Waals surface area contributed by atoms with Gasteiger partial charge in [-0.2, -0.15) is 0 Å². The largest absolute Gasteiger partial charge is 0.303 e. The summed E-state index contributed by atoms with van der Waals surface area (Å²) in [5.74, 6) is -0.259. The van der Waals surface area contributed by atoms with Gasteiger partial charge < -0.3 is 4.90 Å². The predicted octanol–water partition coefficient (Wildman–Crippen LogP) is 6.47. The van der Waals surface area contributed by atoms with Crippen molar-refractivity contribution in [3.8, 4) is 0 Å². The fourth-order valence-electron chi connectivity index (χ4n) is 4.33. The zero-order valence-electron chi connectivity index (χ0n) is 19.3. The van der Waals surface area contributed by atoms with E-state index in [1.165, 1.54) is 43.0 Å². The fraction of sp³-hybridized carbons (Fsp3) is 0.370. The normalized spacial score (nSPS) is 17.9. The molecule has 0 atom stereocenters. The van der Waals surface area contributed by atoms with Crippen LogP contribution in [-0.2, 0) is 16.1 Å². The second-order valence-electron chi connectivity index (χ2n) is 8.69. The molecule has 4 rings (SSSR count). The van der Waals surface area contributed by atoms with Gasteiger partial charge in [0.15, 0.2) is 0 Å². The van der Waals surface area contributed by atoms with Gasteiger partial charge in [0.05, 0.1) is 22.7 Å². The number of thiocarbonyl (C=S) groups is 1. The van der Waals surface area contributed by atoms with Crippen molar-refractivity contribution in [3.63, 3.8) is 0 Å². The molecular weight excluding hydrogens is 448 g/mol. The van der Waals surface area contributed by atoms with E-state index in [9.17, 15) is 9.59 Å². The maximum absolute atomic E-state index is 13.6. The molecule has 0 N–H and O–H groups in total. The summed E-state index contributed by atoms with van der Waals surface area (Å²) in [6.45, 7) is 5.34. The van der Waals surface area contributed by atoms with Gasteiger partial charge in [-0.3, -0.25) is 14.5 Å². The first-order valence-electron chi connectivity index (χ1n) is 11.8. The van der Waals surface area contributed by atoms with Crippen molar-refractivity contribution in [2.24, 2.45) is 0 Å². The zero-order chi connectivity index (χ0) is 23.4. The van der Waals surface area contributed by atoms with Crippen LogP contribution < -0.4 is 4.90 Å². The summed E-state index contributed by atoms with van der Waals surface area (Å²) in [7, 11) is 0. The zero-order valence-corrected chi connectivity index (χ0v) is 20.9. The highest BCUT2D eigenvalue weighted by Crippen LogP contribution is 2.45. The van der Waals surface area contributed by atoms with Crippen molar-refractivity contribution in [1.29, 1.82) is 0 Å². The molecule has 1 saturated heterocycles. The minimum Gasteiger partial charge on any atom is -0.303 e. The summed E-state index contributed by atoms with van der Waals surface area (Å²) in [4.78, 5) is 30.8. The Kier molecular flexibility index (Phi) is 7.66. The van der Waals surface area contributed by atoms with Crippen LogP contribution in [0, 0.1) is 6.92 Å². The van der Waals surface area contributed by atoms with Crippen molar-refractivity contribution in [1.82, 2.24) is 4.90 Å². The molecular formula is C27H30N2O2S2. The molecule has 6 heteroatoms. The quantitative estimate of drug-likeness (QED) is 0.235. The van der Waals surface area contributed by atoms with Crippen LogP contribution >= 0.6 is 24.0 Å². The van der Waals surface area contributed by atoms with Gasteiger partial charge in [-0.15, -0.1) is 0 Å². The molecule has 0 saturated carbocycles. The molecule has 2 heterocycles. The van der Waals surface area contributed by atoms with E-state index in [0.717, 1.165) is 29.7 Å². The molecule has 2 aliphatic heterocycles. The second kappa shape index (κ2) is 10.7. The summed E-state index contributed by atoms with van der Waals surface area (Å²) in [6, 6.07) is 15.9. The van der Waals surface area contributed by atoms with Crippen LogP contribution in [0.3, 0.4) is 0 Å². The minimum atomic E-state index is -0.131. The lowest BCUT2D eigenvalue weighted by molar-refractivity contribution is -0.122. The van der Waals surface area contributed by atoms with Gasteiger partial charge in [-0.1, -0.05) is 111 Å². The van der Waals surface area contributed by atoms with Crippen LogP contribution in [0.1, 0.15) is 62.1 Å². The Labute approximate surface area is 206 Å². The van der Waals surface area contributed by atoms with Gasteiger partial charge >= 0.3 is 0 Å². The van der Waals surface area contributed by atoms with E-state index in [4.69, 9.17) is 12.2 Å². The number of aryl methyl sites for hydroxylation is 1. The van der Waals surface area contributed by atoms with Crippen LogP contribution in [0.4, 0.5) is 5.69 Å². The van der Waals surface area contributed by atoms with Crippen molar-refractivity contribution in [2.45, 2.75) is 58.9 Å². The molecule has 0 aromatic heterocycles. The van der Waals surface area contributed by atoms with Crippen LogP contribution in [-0.4, -0.2) is 27.6 Å². The number of fused-ring (bicyclic) bond motifs is 1. The fourth-order valence-corrected chi connectivity index (χ4v) is 5.71. The summed E-state index contributed by atoms with van der Waals surface area (Å²) in [5.41, 5.74) is 4.39. The molecule has 0 unspecified atom stereocenters. The minimum absolute atomic E-state index is 0.128. The third-order valence-corrected chi connectivity index (χ3v) is 7.64. The van der Waals surface area contributed by atoms with Crippen LogP contribution in [0.15, 0.2) is 53.4 Å². The second-order valence-corrected chi connectivity index (χ2v) is 10.3. The molecule has 0 spiro atoms. The first-order chi connectivity index (χ1) is 16.0. The maximum Gasteiger partial charge on any atom is 0.267 e. The molecule has 2 aliphatic rings. The number of anilines is 1. The molecule has 2 amide bonds. The van der Waals surface area contributed by atoms with E-state index < -0.39 is 0 Å². The van der Waals surface area contributed by atoms with Gasteiger partial charge in [0.2, 0.25) is 0 Å². The van der Waals surface area contributed by atoms with Gasteiger partial charge in [0.25, 0.3) is 11.8 Å². The van der Waals surface area contributed by atoms with E-state index in [2.05, 4.69) is 19.1 Å². The number of carbonyl (C=O) groups excluding carboxylic acids is 2. The predicted molar refractivity (Wildman–Crippen MR) is 141 cm³/mol. The summed E-state index contributed by atoms with van der Waals surface area (Å²) >= 11 is 6.81. The standard InChI is InChI=1S/C27H30N2O2S2/c1-3-4-5-6-7-10-17-28-26(31)24(33-27(28)32)23-21-11-8-9-12-22(21)29(25(23)30)18-20-15-13-19(2)14-16-20/h8-9,11-16H,3-7,10,17-18H2,1-2H3. The number of hydrogen-bond donors (Lipinski definition) is 0. The van der Waals surface area contributed by atoms with Crippen molar-refractivity contribution in [3.05, 3.63) is 70.1 Å². The number of thioether (sulfide) groups is 1. The van der Waals surface area contributed by atoms with E-state index in [1.807, 2.05) is 43.3 Å². The van der Waals surface area contributed by atoms with Crippen molar-refractivity contribution >= 4 is 51.4 Å². The highest BCUT2D eigenvalue weighted by molar-refractivity contribution is 8.26. The van der Waals surface area contributed by atoms with Gasteiger partial charge in [0.1, 0.15) is 4.32 Å². The third kappa shape index (κ3) is 5.07. The topological polar surface area (TPSA) is 40.6 Å². The van der Waals surface area contributed by atoms with Crippen molar-refractivity contribution < 1.29 is 9.59 Å². The Morgan fingerprint density at radius 1 is 0.848 bits per heavy atom. The van der Waals surface area contributed by atoms with Gasteiger partial charge in [-0.25, -0.2) is 0 Å². The summed E-state index contributed by atoms with van der Waals surface area (Å²) in [6.07, 6.45) is 6.93. The van der Waals surface area contributed by atoms with E-state index in [0.29, 0.717) is 27.9 Å². The number of carbonyl (C=O) groups is 2. The summed E-state index contributed by atoms with van der Waals surface area (Å²) < 4.78 is 0.554. The average Bonchev–Trinajstić information content (AvgIpc) is 3.24. The molecule has 1 fully saturated rings. The van der Waals surface area contributed by atoms with Crippen LogP contribution in [0.5, 0.6) is 0 Å². The lowest BCUT2D eigenvalue weighted by Crippen LogP contribution is -2.30. The molecule has 2 aromatic rings. The number of unbranched alkanes of at least 4 members (excludes halogenated alkanes) is 5. The molecule has 0 bridgehead atoms. The summed E-state index contributed by atoms with van der Waals surface area (Å²) in [5, 5.41) is 0. The highest BCUT2D eigenvalue weighted by atomic mass is 32.2. The average molecular weight is 479 g/mol. The number of amides is 2. The number of rotatable bonds is 9. The Bertz CT molecular complexity index is 1090. The van der Waals surface area contributed by atoms with Gasteiger partial charge in [-0.05, 0) is 25.0 Å². The Morgan fingerprint density at radius 3 is 2.30 bits per heavy atom. The van der Waals surface area contributed by atoms with E-state index >= 15 is 0 Å². The number of benzene rings is 2. The Hall–Kier alpha value is -2.44. The SMILES string of the molecule is CCCCCCCCN1C(=O)C(=C2C(=O)N(Cc3ccc(C)cc3)c3ccccc32)SC1=S. The lowest BCUT2D eigenvalue weighted by atomic mass is 10.1. The van der Waals surface area contributed by atoms with E-state index in [1.54, 1.807) is 9.80 Å². The van der Waals surface area contributed by atoms with Crippen molar-refractivity contribution in [2.75, 3.05) is 11.4 Å². The molecule has 33 heavy (non-hydrogen) atoms. The first-order valence-corrected chi connectivity index (χ1v) is 13.0. The number of para-hydroxylation sites is 1. The molecule has 0 aliphatic carbocycles. The highest BCUT2D eigenvalue weighted by Gasteiger charge is 2.41. The van der Waals surface area contributed by atoms with E-state index in [-0.39, 0.29) is 11.8 Å². The Morgan fingerprint density at radius 2 is 1.55 bits per heavy atom. The van der Waals surface area contributed by atoms with Crippen LogP contribution in [0.2, 0.25) is 0 Å². The van der Waals surface area contributed by atoms with Crippen LogP contribution in [0.25, 0.3) is 5.57 Å². The number of nitrogens with zero attached hydrogens (tertiary/aromatic N) is 2.